The molecule has 3 aliphatic carbocycles. The van der Waals surface area contributed by atoms with Crippen molar-refractivity contribution in [2.45, 2.75) is 89.1 Å². The first kappa shape index (κ1) is 32.6. The van der Waals surface area contributed by atoms with Crippen molar-refractivity contribution < 1.29 is 23.5 Å². The maximum absolute atomic E-state index is 14.4. The van der Waals surface area contributed by atoms with Gasteiger partial charge in [-0.05, 0) is 101 Å². The molecule has 1 saturated heterocycles. The maximum Gasteiger partial charge on any atom is 0.410 e. The third kappa shape index (κ3) is 7.51. The largest absolute Gasteiger partial charge is 0.495 e. The fraction of sp³-hybridized carbons (Fsp3) is 0.595. The number of pyridine rings is 2. The lowest BCUT2D eigenvalue weighted by atomic mass is 9.79. The Morgan fingerprint density at radius 1 is 0.958 bits per heavy atom. The normalized spacial score (nSPS) is 24.6. The van der Waals surface area contributed by atoms with Gasteiger partial charge < -0.3 is 24.1 Å². The molecule has 1 N–H and O–H groups in total. The summed E-state index contributed by atoms with van der Waals surface area (Å²) >= 11 is 0. The van der Waals surface area contributed by atoms with E-state index in [4.69, 9.17) is 28.8 Å². The minimum atomic E-state index is -0.234. The molecule has 7 rings (SSSR count). The molecule has 256 valence electrons. The van der Waals surface area contributed by atoms with E-state index in [1.54, 1.807) is 24.5 Å². The second-order valence-corrected chi connectivity index (χ2v) is 14.0. The van der Waals surface area contributed by atoms with Crippen LogP contribution in [0.2, 0.25) is 0 Å². The van der Waals surface area contributed by atoms with Gasteiger partial charge in [0.2, 0.25) is 5.91 Å². The quantitative estimate of drug-likeness (QED) is 0.285. The predicted octanol–water partition coefficient (Wildman–Crippen LogP) is 6.23. The van der Waals surface area contributed by atoms with Gasteiger partial charge in [0.25, 0.3) is 0 Å². The van der Waals surface area contributed by atoms with Gasteiger partial charge in [-0.15, -0.1) is 0 Å². The van der Waals surface area contributed by atoms with Crippen LogP contribution in [-0.2, 0) is 9.53 Å². The number of carbonyl (C=O) groups excluding carboxylic acids is 2. The van der Waals surface area contributed by atoms with Crippen molar-refractivity contribution in [2.75, 3.05) is 44.7 Å². The summed E-state index contributed by atoms with van der Waals surface area (Å²) in [5.41, 5.74) is 3.73. The third-order valence-corrected chi connectivity index (χ3v) is 10.7. The van der Waals surface area contributed by atoms with E-state index in [-0.39, 0.29) is 24.0 Å². The summed E-state index contributed by atoms with van der Waals surface area (Å²) in [4.78, 5) is 45.2. The van der Waals surface area contributed by atoms with Gasteiger partial charge in [0.05, 0.1) is 12.8 Å². The van der Waals surface area contributed by atoms with Gasteiger partial charge in [0.1, 0.15) is 29.6 Å². The molecule has 0 atom stereocenters. The number of ether oxygens (including phenoxy) is 2. The second-order valence-electron chi connectivity index (χ2n) is 14.0. The molecular weight excluding hydrogens is 608 g/mol. The SMILES string of the molecule is COc1ccc([C@H]2CC[C@H](CN(c3cc(-c4coc(C5CC5)n4)ccn3)C(=O)[C@H]3CC[C@H](OC(=O)N4CCNCC4)CC3)CC2)nc1C. The number of aryl methyl sites for hydroxylation is 1. The van der Waals surface area contributed by atoms with Crippen LogP contribution in [0.15, 0.2) is 41.1 Å². The van der Waals surface area contributed by atoms with Gasteiger partial charge in [-0.3, -0.25) is 14.7 Å². The molecule has 48 heavy (non-hydrogen) atoms. The molecule has 1 aliphatic heterocycles. The van der Waals surface area contributed by atoms with Crippen molar-refractivity contribution in [1.82, 2.24) is 25.2 Å². The Hall–Kier alpha value is -3.99. The van der Waals surface area contributed by atoms with Crippen molar-refractivity contribution in [1.29, 1.82) is 0 Å². The molecule has 3 saturated carbocycles. The van der Waals surface area contributed by atoms with Gasteiger partial charge in [-0.1, -0.05) is 0 Å². The Bertz CT molecular complexity index is 1570. The fourth-order valence-electron chi connectivity index (χ4n) is 7.58. The lowest BCUT2D eigenvalue weighted by Crippen LogP contribution is -2.47. The van der Waals surface area contributed by atoms with E-state index in [1.807, 2.05) is 30.0 Å². The number of nitrogens with zero attached hydrogens (tertiary/aromatic N) is 5. The van der Waals surface area contributed by atoms with Crippen molar-refractivity contribution in [3.63, 3.8) is 0 Å². The van der Waals surface area contributed by atoms with Crippen LogP contribution in [0, 0.1) is 18.8 Å². The molecular formula is C37H48N6O5. The Kier molecular flexibility index (Phi) is 9.93. The lowest BCUT2D eigenvalue weighted by Gasteiger charge is -2.36. The highest BCUT2D eigenvalue weighted by atomic mass is 16.6. The molecule has 0 spiro atoms. The van der Waals surface area contributed by atoms with E-state index in [1.165, 1.54) is 0 Å². The van der Waals surface area contributed by atoms with Gasteiger partial charge in [-0.2, -0.15) is 0 Å². The van der Waals surface area contributed by atoms with Gasteiger partial charge in [0.15, 0.2) is 5.89 Å². The van der Waals surface area contributed by atoms with Crippen LogP contribution in [0.4, 0.5) is 10.6 Å². The molecule has 4 aliphatic rings. The molecule has 11 nitrogen and oxygen atoms in total. The average molecular weight is 657 g/mol. The first-order valence-electron chi connectivity index (χ1n) is 17.9. The Balaban J connectivity index is 1.04. The molecule has 4 heterocycles. The van der Waals surface area contributed by atoms with E-state index in [2.05, 4.69) is 11.4 Å². The lowest BCUT2D eigenvalue weighted by molar-refractivity contribution is -0.124. The van der Waals surface area contributed by atoms with E-state index < -0.39 is 0 Å². The van der Waals surface area contributed by atoms with Crippen LogP contribution in [-0.4, -0.2) is 77.8 Å². The van der Waals surface area contributed by atoms with Crippen molar-refractivity contribution in [3.8, 4) is 17.0 Å². The Morgan fingerprint density at radius 2 is 1.71 bits per heavy atom. The monoisotopic (exact) mass is 656 g/mol. The number of amides is 2. The van der Waals surface area contributed by atoms with Gasteiger partial charge >= 0.3 is 6.09 Å². The van der Waals surface area contributed by atoms with Crippen LogP contribution < -0.4 is 15.0 Å². The van der Waals surface area contributed by atoms with E-state index in [0.717, 1.165) is 85.9 Å². The van der Waals surface area contributed by atoms with Crippen LogP contribution in [0.25, 0.3) is 11.3 Å². The zero-order valence-electron chi connectivity index (χ0n) is 28.2. The fourth-order valence-corrected chi connectivity index (χ4v) is 7.58. The highest BCUT2D eigenvalue weighted by molar-refractivity contribution is 5.94. The number of methoxy groups -OCH3 is 1. The minimum absolute atomic E-state index is 0.111. The molecule has 0 bridgehead atoms. The third-order valence-electron chi connectivity index (χ3n) is 10.7. The number of piperazine rings is 1. The van der Waals surface area contributed by atoms with Crippen molar-refractivity contribution in [2.24, 2.45) is 11.8 Å². The summed E-state index contributed by atoms with van der Waals surface area (Å²) in [6.45, 7) is 5.54. The highest BCUT2D eigenvalue weighted by Gasteiger charge is 2.35. The molecule has 3 aromatic rings. The Morgan fingerprint density at radius 3 is 2.42 bits per heavy atom. The molecule has 0 unspecified atom stereocenters. The summed E-state index contributed by atoms with van der Waals surface area (Å²) in [5, 5.41) is 3.27. The molecule has 0 radical (unpaired) electrons. The number of oxazole rings is 1. The summed E-state index contributed by atoms with van der Waals surface area (Å²) in [6, 6.07) is 8.04. The first-order chi connectivity index (χ1) is 23.4. The number of nitrogens with one attached hydrogen (secondary N) is 1. The summed E-state index contributed by atoms with van der Waals surface area (Å²) in [6.07, 6.45) is 12.2. The molecule has 0 aromatic carbocycles. The summed E-state index contributed by atoms with van der Waals surface area (Å²) in [7, 11) is 1.68. The Labute approximate surface area is 282 Å². The second kappa shape index (κ2) is 14.6. The van der Waals surface area contributed by atoms with Crippen LogP contribution in [0.3, 0.4) is 0 Å². The molecule has 2 amide bonds. The van der Waals surface area contributed by atoms with Crippen LogP contribution >= 0.6 is 0 Å². The van der Waals surface area contributed by atoms with Gasteiger partial charge in [-0.25, -0.2) is 14.8 Å². The summed E-state index contributed by atoms with van der Waals surface area (Å²) < 4.78 is 17.1. The number of hydrogen-bond acceptors (Lipinski definition) is 9. The number of anilines is 1. The topological polar surface area (TPSA) is 123 Å². The zero-order chi connectivity index (χ0) is 33.0. The minimum Gasteiger partial charge on any atom is -0.495 e. The van der Waals surface area contributed by atoms with E-state index in [0.29, 0.717) is 68.9 Å². The standard InChI is InChI=1S/C37H48N6O5/c1-24-33(46-2)14-13-31(40-24)26-5-3-25(4-6-26)22-43(34-21-29(15-16-39-34)32-23-47-35(41-32)27-7-8-27)36(44)28-9-11-30(12-10-28)48-37(45)42-19-17-38-18-20-42/h13-16,21,23,25-28,30,38H,3-12,17-20,22H2,1-2H3/t25-,26-,28-,30-. The predicted molar refractivity (Wildman–Crippen MR) is 181 cm³/mol. The van der Waals surface area contributed by atoms with Crippen LogP contribution in [0.1, 0.15) is 93.3 Å². The first-order valence-corrected chi connectivity index (χ1v) is 17.9. The average Bonchev–Trinajstić information content (AvgIpc) is 3.87. The molecule has 4 fully saturated rings. The smallest absolute Gasteiger partial charge is 0.410 e. The highest BCUT2D eigenvalue weighted by Crippen LogP contribution is 2.41. The van der Waals surface area contributed by atoms with E-state index in [9.17, 15) is 9.59 Å². The zero-order valence-corrected chi connectivity index (χ0v) is 28.2. The maximum atomic E-state index is 14.4. The number of rotatable bonds is 9. The van der Waals surface area contributed by atoms with Crippen LogP contribution in [0.5, 0.6) is 5.75 Å². The molecule has 3 aromatic heterocycles. The number of hydrogen-bond donors (Lipinski definition) is 1. The van der Waals surface area contributed by atoms with Crippen molar-refractivity contribution in [3.05, 3.63) is 54.0 Å². The number of carbonyl (C=O) groups is 2. The van der Waals surface area contributed by atoms with Crippen molar-refractivity contribution >= 4 is 17.8 Å². The van der Waals surface area contributed by atoms with Gasteiger partial charge in [0, 0.05) is 67.9 Å². The summed E-state index contributed by atoms with van der Waals surface area (Å²) in [5.74, 6) is 3.44. The van der Waals surface area contributed by atoms with E-state index >= 15 is 0 Å². The molecule has 11 heteroatoms. The number of aromatic nitrogens is 3.